The van der Waals surface area contributed by atoms with Gasteiger partial charge in [0.2, 0.25) is 5.91 Å². The van der Waals surface area contributed by atoms with Crippen LogP contribution in [0.5, 0.6) is 0 Å². The lowest BCUT2D eigenvalue weighted by molar-refractivity contribution is -0.147. The molecule has 0 unspecified atom stereocenters. The Kier molecular flexibility index (Phi) is 6.56. The van der Waals surface area contributed by atoms with E-state index in [0.717, 1.165) is 12.0 Å². The Morgan fingerprint density at radius 2 is 1.96 bits per heavy atom. The van der Waals surface area contributed by atoms with Gasteiger partial charge in [-0.15, -0.1) is 0 Å². The first kappa shape index (κ1) is 19.0. The van der Waals surface area contributed by atoms with Crippen molar-refractivity contribution in [3.8, 4) is 0 Å². The molecule has 1 aliphatic rings. The van der Waals surface area contributed by atoms with Crippen LogP contribution in [-0.2, 0) is 14.3 Å². The molecule has 1 N–H and O–H groups in total. The summed E-state index contributed by atoms with van der Waals surface area (Å²) in [6, 6.07) is 6.75. The topological polar surface area (TPSA) is 75.7 Å². The van der Waals surface area contributed by atoms with E-state index < -0.39 is 12.0 Å². The summed E-state index contributed by atoms with van der Waals surface area (Å²) in [7, 11) is 0. The van der Waals surface area contributed by atoms with Gasteiger partial charge in [0.25, 0.3) is 5.91 Å². The molecule has 1 aromatic carbocycles. The third-order valence-electron chi connectivity index (χ3n) is 4.38. The van der Waals surface area contributed by atoms with Gasteiger partial charge >= 0.3 is 5.97 Å². The van der Waals surface area contributed by atoms with Crippen LogP contribution in [0.1, 0.15) is 42.6 Å². The Hall–Kier alpha value is -2.37. The highest BCUT2D eigenvalue weighted by Crippen LogP contribution is 2.19. The highest BCUT2D eigenvalue weighted by atomic mass is 16.5. The summed E-state index contributed by atoms with van der Waals surface area (Å²) in [4.78, 5) is 38.4. The van der Waals surface area contributed by atoms with E-state index in [0.29, 0.717) is 25.1 Å². The van der Waals surface area contributed by atoms with Gasteiger partial charge < -0.3 is 15.0 Å². The number of aryl methyl sites for hydroxylation is 1. The maximum atomic E-state index is 12.6. The number of benzene rings is 1. The maximum Gasteiger partial charge on any atom is 0.328 e. The van der Waals surface area contributed by atoms with E-state index in [4.69, 9.17) is 4.74 Å². The number of hydrogen-bond acceptors (Lipinski definition) is 4. The molecule has 0 aromatic heterocycles. The summed E-state index contributed by atoms with van der Waals surface area (Å²) in [5, 5.41) is 2.69. The van der Waals surface area contributed by atoms with E-state index in [1.165, 1.54) is 0 Å². The lowest BCUT2D eigenvalue weighted by Gasteiger charge is -2.32. The zero-order valence-electron chi connectivity index (χ0n) is 15.1. The monoisotopic (exact) mass is 346 g/mol. The van der Waals surface area contributed by atoms with Gasteiger partial charge in [-0.1, -0.05) is 17.7 Å². The van der Waals surface area contributed by atoms with Gasteiger partial charge in [0.05, 0.1) is 12.5 Å². The Morgan fingerprint density at radius 3 is 2.60 bits per heavy atom. The number of esters is 1. The van der Waals surface area contributed by atoms with Gasteiger partial charge in [0.1, 0.15) is 6.04 Å². The van der Waals surface area contributed by atoms with Crippen molar-refractivity contribution in [1.29, 1.82) is 0 Å². The molecule has 0 spiro atoms. The van der Waals surface area contributed by atoms with Crippen molar-refractivity contribution < 1.29 is 19.1 Å². The van der Waals surface area contributed by atoms with Gasteiger partial charge in [-0.3, -0.25) is 9.59 Å². The minimum atomic E-state index is -0.685. The molecule has 25 heavy (non-hydrogen) atoms. The number of amides is 2. The molecule has 1 saturated heterocycles. The fourth-order valence-electron chi connectivity index (χ4n) is 2.91. The lowest BCUT2D eigenvalue weighted by Crippen LogP contribution is -2.48. The van der Waals surface area contributed by atoms with Crippen molar-refractivity contribution in [2.45, 2.75) is 39.7 Å². The molecule has 1 fully saturated rings. The van der Waals surface area contributed by atoms with Crippen LogP contribution in [0.25, 0.3) is 0 Å². The van der Waals surface area contributed by atoms with Crippen LogP contribution in [-0.4, -0.2) is 48.4 Å². The first-order valence-electron chi connectivity index (χ1n) is 8.75. The number of ether oxygens (including phenoxy) is 1. The molecule has 1 heterocycles. The molecule has 1 aliphatic heterocycles. The second-order valence-electron chi connectivity index (χ2n) is 6.44. The molecule has 2 rings (SSSR count). The van der Waals surface area contributed by atoms with E-state index in [-0.39, 0.29) is 24.3 Å². The number of nitrogens with zero attached hydrogens (tertiary/aromatic N) is 1. The van der Waals surface area contributed by atoms with Gasteiger partial charge in [0, 0.05) is 18.7 Å². The summed E-state index contributed by atoms with van der Waals surface area (Å²) >= 11 is 0. The van der Waals surface area contributed by atoms with Crippen LogP contribution in [0.4, 0.5) is 0 Å². The molecular formula is C19H26N2O4. The third-order valence-corrected chi connectivity index (χ3v) is 4.38. The van der Waals surface area contributed by atoms with Crippen LogP contribution in [0.15, 0.2) is 24.3 Å². The zero-order valence-corrected chi connectivity index (χ0v) is 15.1. The van der Waals surface area contributed by atoms with E-state index in [2.05, 4.69) is 5.32 Å². The van der Waals surface area contributed by atoms with Crippen molar-refractivity contribution in [2.24, 2.45) is 5.92 Å². The Bertz CT molecular complexity index is 627. The molecule has 1 aromatic rings. The quantitative estimate of drug-likeness (QED) is 0.827. The first-order chi connectivity index (χ1) is 11.9. The second-order valence-corrected chi connectivity index (χ2v) is 6.44. The van der Waals surface area contributed by atoms with Crippen LogP contribution >= 0.6 is 0 Å². The standard InChI is InChI=1S/C19H26N2O4/c1-4-25-19(24)14(3)20-17(22)16-6-5-11-21(12-16)18(23)15-9-7-13(2)8-10-15/h7-10,14,16H,4-6,11-12H2,1-3H3,(H,20,22)/t14-,16+/m0/s1. The van der Waals surface area contributed by atoms with Crippen molar-refractivity contribution in [1.82, 2.24) is 10.2 Å². The van der Waals surface area contributed by atoms with Crippen LogP contribution < -0.4 is 5.32 Å². The normalized spacial score (nSPS) is 18.4. The van der Waals surface area contributed by atoms with Crippen molar-refractivity contribution in [3.05, 3.63) is 35.4 Å². The third kappa shape index (κ3) is 5.05. The molecule has 0 radical (unpaired) electrons. The Labute approximate surface area is 148 Å². The SMILES string of the molecule is CCOC(=O)[C@H](C)NC(=O)[C@@H]1CCCN(C(=O)c2ccc(C)cc2)C1. The van der Waals surface area contributed by atoms with Crippen LogP contribution in [0.2, 0.25) is 0 Å². The molecule has 6 nitrogen and oxygen atoms in total. The average Bonchev–Trinajstić information content (AvgIpc) is 2.62. The fourth-order valence-corrected chi connectivity index (χ4v) is 2.91. The summed E-state index contributed by atoms with van der Waals surface area (Å²) < 4.78 is 4.90. The number of hydrogen-bond donors (Lipinski definition) is 1. The number of piperidine rings is 1. The van der Waals surface area contributed by atoms with Crippen LogP contribution in [0, 0.1) is 12.8 Å². The van der Waals surface area contributed by atoms with Crippen molar-refractivity contribution in [3.63, 3.8) is 0 Å². The minimum Gasteiger partial charge on any atom is -0.464 e. The summed E-state index contributed by atoms with van der Waals surface area (Å²) in [6.45, 7) is 6.59. The van der Waals surface area contributed by atoms with Gasteiger partial charge in [0.15, 0.2) is 0 Å². The number of carbonyl (C=O) groups excluding carboxylic acids is 3. The van der Waals surface area contributed by atoms with Crippen molar-refractivity contribution >= 4 is 17.8 Å². The molecular weight excluding hydrogens is 320 g/mol. The Morgan fingerprint density at radius 1 is 1.28 bits per heavy atom. The number of nitrogens with one attached hydrogen (secondary N) is 1. The Balaban J connectivity index is 1.95. The summed E-state index contributed by atoms with van der Waals surface area (Å²) in [5.74, 6) is -1.02. The summed E-state index contributed by atoms with van der Waals surface area (Å²) in [6.07, 6.45) is 1.47. The maximum absolute atomic E-state index is 12.6. The molecule has 2 atom stereocenters. The fraction of sp³-hybridized carbons (Fsp3) is 0.526. The number of carbonyl (C=O) groups is 3. The average molecular weight is 346 g/mol. The van der Waals surface area contributed by atoms with Gasteiger partial charge in [-0.25, -0.2) is 4.79 Å². The predicted molar refractivity (Wildman–Crippen MR) is 94.0 cm³/mol. The van der Waals surface area contributed by atoms with E-state index >= 15 is 0 Å². The second kappa shape index (κ2) is 8.65. The number of rotatable bonds is 5. The van der Waals surface area contributed by atoms with E-state index in [1.54, 1.807) is 18.7 Å². The van der Waals surface area contributed by atoms with Crippen LogP contribution in [0.3, 0.4) is 0 Å². The zero-order chi connectivity index (χ0) is 18.4. The highest BCUT2D eigenvalue weighted by molar-refractivity contribution is 5.95. The smallest absolute Gasteiger partial charge is 0.328 e. The first-order valence-corrected chi connectivity index (χ1v) is 8.75. The highest BCUT2D eigenvalue weighted by Gasteiger charge is 2.30. The molecule has 6 heteroatoms. The molecule has 2 amide bonds. The van der Waals surface area contributed by atoms with Gasteiger partial charge in [-0.2, -0.15) is 0 Å². The largest absolute Gasteiger partial charge is 0.464 e. The molecule has 0 bridgehead atoms. The molecule has 136 valence electrons. The predicted octanol–water partition coefficient (Wildman–Crippen LogP) is 1.92. The van der Waals surface area contributed by atoms with Gasteiger partial charge in [-0.05, 0) is 45.7 Å². The number of likely N-dealkylation sites (tertiary alicyclic amines) is 1. The van der Waals surface area contributed by atoms with Crippen molar-refractivity contribution in [2.75, 3.05) is 19.7 Å². The summed E-state index contributed by atoms with van der Waals surface area (Å²) in [5.41, 5.74) is 1.73. The molecule has 0 saturated carbocycles. The van der Waals surface area contributed by atoms with E-state index in [1.807, 2.05) is 31.2 Å². The van der Waals surface area contributed by atoms with E-state index in [9.17, 15) is 14.4 Å². The minimum absolute atomic E-state index is 0.0593. The molecule has 0 aliphatic carbocycles. The lowest BCUT2D eigenvalue weighted by atomic mass is 9.96.